The molecule has 0 saturated heterocycles. The second-order valence-electron chi connectivity index (χ2n) is 8.60. The number of ether oxygens (including phenoxy) is 1. The zero-order valence-corrected chi connectivity index (χ0v) is 18.5. The van der Waals surface area contributed by atoms with E-state index in [2.05, 4.69) is 39.2 Å². The van der Waals surface area contributed by atoms with Gasteiger partial charge in [-0.1, -0.05) is 13.0 Å². The molecule has 7 heteroatoms. The Labute approximate surface area is 183 Å². The normalized spacial score (nSPS) is 17.6. The summed E-state index contributed by atoms with van der Waals surface area (Å²) in [5, 5.41) is 13.2. The smallest absolute Gasteiger partial charge is 0.227 e. The second kappa shape index (κ2) is 8.61. The molecule has 1 atom stereocenters. The number of nitrogens with zero attached hydrogens (tertiary/aromatic N) is 4. The van der Waals surface area contributed by atoms with Gasteiger partial charge in [-0.2, -0.15) is 0 Å². The third-order valence-electron chi connectivity index (χ3n) is 5.85. The summed E-state index contributed by atoms with van der Waals surface area (Å²) in [4.78, 5) is 15.8. The molecule has 1 aliphatic carbocycles. The van der Waals surface area contributed by atoms with Crippen molar-refractivity contribution in [3.8, 4) is 17.0 Å². The van der Waals surface area contributed by atoms with Gasteiger partial charge in [-0.05, 0) is 62.3 Å². The molecule has 1 unspecified atom stereocenters. The van der Waals surface area contributed by atoms with Gasteiger partial charge in [-0.25, -0.2) is 9.97 Å². The molecular weight excluding hydrogens is 390 g/mol. The Bertz CT molecular complexity index is 1090. The maximum absolute atomic E-state index is 9.88. The van der Waals surface area contributed by atoms with Crippen molar-refractivity contribution in [3.05, 3.63) is 59.5 Å². The van der Waals surface area contributed by atoms with Gasteiger partial charge >= 0.3 is 0 Å². The summed E-state index contributed by atoms with van der Waals surface area (Å²) in [7, 11) is 5.73. The standard InChI is InChI=1S/C24H29N5O2/c1-24(15-30)9-7-20-18(24)12-17(13-26-20)19-8-10-25-23(27-19)28-21-6-5-16(14-29(2)3)11-22(21)31-4/h5-6,8,10-13,30H,7,9,14-15H2,1-4H3,(H,25,27,28). The molecule has 31 heavy (non-hydrogen) atoms. The van der Waals surface area contributed by atoms with Crippen LogP contribution in [0.3, 0.4) is 0 Å². The van der Waals surface area contributed by atoms with Gasteiger partial charge in [-0.3, -0.25) is 4.98 Å². The number of pyridine rings is 1. The summed E-state index contributed by atoms with van der Waals surface area (Å²) >= 11 is 0. The third kappa shape index (κ3) is 4.38. The van der Waals surface area contributed by atoms with Crippen LogP contribution in [0.2, 0.25) is 0 Å². The van der Waals surface area contributed by atoms with Gasteiger partial charge in [0.1, 0.15) is 5.75 Å². The molecule has 0 bridgehead atoms. The van der Waals surface area contributed by atoms with E-state index >= 15 is 0 Å². The summed E-state index contributed by atoms with van der Waals surface area (Å²) in [6, 6.07) is 10.0. The zero-order chi connectivity index (χ0) is 22.0. The average Bonchev–Trinajstić information content (AvgIpc) is 3.11. The molecule has 2 N–H and O–H groups in total. The number of hydrogen-bond acceptors (Lipinski definition) is 7. The third-order valence-corrected chi connectivity index (χ3v) is 5.85. The highest BCUT2D eigenvalue weighted by Crippen LogP contribution is 2.39. The molecule has 3 aromatic rings. The highest BCUT2D eigenvalue weighted by molar-refractivity contribution is 5.66. The number of aryl methyl sites for hydroxylation is 1. The van der Waals surface area contributed by atoms with Crippen LogP contribution in [0.4, 0.5) is 11.6 Å². The van der Waals surface area contributed by atoms with Crippen molar-refractivity contribution in [2.75, 3.05) is 33.1 Å². The SMILES string of the molecule is COc1cc(CN(C)C)ccc1Nc1nccc(-c2cnc3c(c2)C(C)(CO)CC3)n1. The molecule has 0 spiro atoms. The minimum absolute atomic E-state index is 0.116. The quantitative estimate of drug-likeness (QED) is 0.606. The van der Waals surface area contributed by atoms with Gasteiger partial charge < -0.3 is 20.1 Å². The Kier molecular flexibility index (Phi) is 5.89. The number of methoxy groups -OCH3 is 1. The lowest BCUT2D eigenvalue weighted by atomic mass is 9.85. The Morgan fingerprint density at radius 1 is 1.19 bits per heavy atom. The van der Waals surface area contributed by atoms with Crippen molar-refractivity contribution in [1.82, 2.24) is 19.9 Å². The van der Waals surface area contributed by atoms with E-state index in [1.165, 1.54) is 5.56 Å². The van der Waals surface area contributed by atoms with Crippen molar-refractivity contribution in [3.63, 3.8) is 0 Å². The first-order valence-corrected chi connectivity index (χ1v) is 10.4. The van der Waals surface area contributed by atoms with Crippen LogP contribution in [-0.4, -0.2) is 52.8 Å². The Morgan fingerprint density at radius 3 is 2.77 bits per heavy atom. The van der Waals surface area contributed by atoms with E-state index in [1.807, 2.05) is 38.5 Å². The number of aliphatic hydroxyl groups is 1. The van der Waals surface area contributed by atoms with E-state index in [4.69, 9.17) is 9.72 Å². The number of anilines is 2. The number of aliphatic hydroxyl groups excluding tert-OH is 1. The molecule has 0 aliphatic heterocycles. The van der Waals surface area contributed by atoms with Gasteiger partial charge in [0.05, 0.1) is 25.1 Å². The Balaban J connectivity index is 1.61. The van der Waals surface area contributed by atoms with Crippen LogP contribution in [0, 0.1) is 0 Å². The molecule has 0 fully saturated rings. The van der Waals surface area contributed by atoms with E-state index in [9.17, 15) is 5.11 Å². The van der Waals surface area contributed by atoms with Gasteiger partial charge in [-0.15, -0.1) is 0 Å². The molecule has 7 nitrogen and oxygen atoms in total. The molecule has 0 radical (unpaired) electrons. The maximum atomic E-state index is 9.88. The van der Waals surface area contributed by atoms with Crippen molar-refractivity contribution >= 4 is 11.6 Å². The summed E-state index contributed by atoms with van der Waals surface area (Å²) < 4.78 is 5.57. The van der Waals surface area contributed by atoms with E-state index < -0.39 is 0 Å². The van der Waals surface area contributed by atoms with E-state index in [0.29, 0.717) is 5.95 Å². The number of fused-ring (bicyclic) bond motifs is 1. The monoisotopic (exact) mass is 419 g/mol. The van der Waals surface area contributed by atoms with E-state index in [0.717, 1.165) is 53.3 Å². The first-order chi connectivity index (χ1) is 14.9. The largest absolute Gasteiger partial charge is 0.495 e. The van der Waals surface area contributed by atoms with Crippen LogP contribution in [-0.2, 0) is 18.4 Å². The molecule has 4 rings (SSSR count). The fourth-order valence-electron chi connectivity index (χ4n) is 4.05. The van der Waals surface area contributed by atoms with Crippen LogP contribution >= 0.6 is 0 Å². The number of benzene rings is 1. The van der Waals surface area contributed by atoms with Crippen LogP contribution in [0.25, 0.3) is 11.3 Å². The van der Waals surface area contributed by atoms with Crippen LogP contribution in [0.1, 0.15) is 30.2 Å². The minimum atomic E-state index is -0.242. The van der Waals surface area contributed by atoms with E-state index in [-0.39, 0.29) is 12.0 Å². The fraction of sp³-hybridized carbons (Fsp3) is 0.375. The lowest BCUT2D eigenvalue weighted by Gasteiger charge is -2.22. The Morgan fingerprint density at radius 2 is 2.03 bits per heavy atom. The highest BCUT2D eigenvalue weighted by atomic mass is 16.5. The predicted octanol–water partition coefficient (Wildman–Crippen LogP) is 3.55. The topological polar surface area (TPSA) is 83.4 Å². The predicted molar refractivity (Wildman–Crippen MR) is 122 cm³/mol. The molecule has 1 aromatic carbocycles. The highest BCUT2D eigenvalue weighted by Gasteiger charge is 2.35. The van der Waals surface area contributed by atoms with Gasteiger partial charge in [0.15, 0.2) is 0 Å². The molecule has 2 aromatic heterocycles. The van der Waals surface area contributed by atoms with Gasteiger partial charge in [0, 0.05) is 35.6 Å². The van der Waals surface area contributed by atoms with Crippen LogP contribution in [0.15, 0.2) is 42.7 Å². The Hall–Kier alpha value is -3.03. The second-order valence-corrected chi connectivity index (χ2v) is 8.60. The molecule has 2 heterocycles. The summed E-state index contributed by atoms with van der Waals surface area (Å²) in [5.74, 6) is 1.23. The van der Waals surface area contributed by atoms with Crippen LogP contribution < -0.4 is 10.1 Å². The first-order valence-electron chi connectivity index (χ1n) is 10.4. The molecule has 1 aliphatic rings. The molecule has 162 valence electrons. The van der Waals surface area contributed by atoms with Crippen molar-refractivity contribution in [2.45, 2.75) is 31.7 Å². The molecular formula is C24H29N5O2. The van der Waals surface area contributed by atoms with Gasteiger partial charge in [0.2, 0.25) is 5.95 Å². The summed E-state index contributed by atoms with van der Waals surface area (Å²) in [6.07, 6.45) is 5.39. The lowest BCUT2D eigenvalue weighted by molar-refractivity contribution is 0.206. The number of hydrogen-bond donors (Lipinski definition) is 2. The number of rotatable bonds is 7. The summed E-state index contributed by atoms with van der Waals surface area (Å²) in [5.41, 5.74) is 5.60. The van der Waals surface area contributed by atoms with Crippen molar-refractivity contribution in [2.24, 2.45) is 0 Å². The van der Waals surface area contributed by atoms with Crippen molar-refractivity contribution in [1.29, 1.82) is 0 Å². The number of aromatic nitrogens is 3. The minimum Gasteiger partial charge on any atom is -0.495 e. The molecule has 0 saturated carbocycles. The average molecular weight is 420 g/mol. The maximum Gasteiger partial charge on any atom is 0.227 e. The van der Waals surface area contributed by atoms with Crippen LogP contribution in [0.5, 0.6) is 5.75 Å². The van der Waals surface area contributed by atoms with Gasteiger partial charge in [0.25, 0.3) is 0 Å². The molecule has 0 amide bonds. The summed E-state index contributed by atoms with van der Waals surface area (Å²) in [6.45, 7) is 3.04. The lowest BCUT2D eigenvalue weighted by Crippen LogP contribution is -2.23. The first kappa shape index (κ1) is 21.2. The van der Waals surface area contributed by atoms with E-state index in [1.54, 1.807) is 13.3 Å². The fourth-order valence-corrected chi connectivity index (χ4v) is 4.05. The zero-order valence-electron chi connectivity index (χ0n) is 18.5. The number of nitrogens with one attached hydrogen (secondary N) is 1. The van der Waals surface area contributed by atoms with Crippen molar-refractivity contribution < 1.29 is 9.84 Å².